The number of nitrogens with one attached hydrogen (secondary N) is 2. The third kappa shape index (κ3) is 4.29. The molecule has 2 heterocycles. The molecule has 0 aliphatic carbocycles. The second-order valence-corrected chi connectivity index (χ2v) is 6.37. The summed E-state index contributed by atoms with van der Waals surface area (Å²) in [6, 6.07) is 6.99. The van der Waals surface area contributed by atoms with E-state index in [0.29, 0.717) is 22.0 Å². The minimum atomic E-state index is -0.306. The summed E-state index contributed by atoms with van der Waals surface area (Å²) in [5.41, 5.74) is 1.09. The summed E-state index contributed by atoms with van der Waals surface area (Å²) < 4.78 is 6.85. The standard InChI is InChI=1S/C17H15Cl2N5O3/c1-9(25)21-8-27-14-6-10-5-11(3-4-13(10)24(2)16(14)26)22-15-12(18)7-20-17(19)23-15/h3-7H,8H2,1-2H3,(H,21,25)(H,20,22,23). The highest BCUT2D eigenvalue weighted by Crippen LogP contribution is 2.26. The molecule has 2 N–H and O–H groups in total. The molecule has 0 spiro atoms. The summed E-state index contributed by atoms with van der Waals surface area (Å²) in [6.07, 6.45) is 1.40. The first kappa shape index (κ1) is 18.9. The number of aryl methyl sites for hydroxylation is 1. The number of amides is 1. The Kier molecular flexibility index (Phi) is 5.48. The van der Waals surface area contributed by atoms with Crippen molar-refractivity contribution in [2.45, 2.75) is 6.92 Å². The smallest absolute Gasteiger partial charge is 0.293 e. The third-order valence-corrected chi connectivity index (χ3v) is 4.18. The molecule has 1 aromatic carbocycles. The summed E-state index contributed by atoms with van der Waals surface area (Å²) in [5.74, 6) is 0.237. The highest BCUT2D eigenvalue weighted by molar-refractivity contribution is 6.33. The predicted octanol–water partition coefficient (Wildman–Crippen LogP) is 2.85. The molecule has 0 aliphatic rings. The van der Waals surface area contributed by atoms with E-state index < -0.39 is 0 Å². The monoisotopic (exact) mass is 407 g/mol. The van der Waals surface area contributed by atoms with E-state index in [9.17, 15) is 9.59 Å². The molecule has 3 rings (SSSR count). The molecule has 27 heavy (non-hydrogen) atoms. The fraction of sp³-hybridized carbons (Fsp3) is 0.176. The van der Waals surface area contributed by atoms with Gasteiger partial charge in [0.2, 0.25) is 11.2 Å². The van der Waals surface area contributed by atoms with Gasteiger partial charge in [0.1, 0.15) is 5.02 Å². The largest absolute Gasteiger partial charge is 0.467 e. The highest BCUT2D eigenvalue weighted by atomic mass is 35.5. The van der Waals surface area contributed by atoms with Crippen molar-refractivity contribution in [2.24, 2.45) is 7.05 Å². The van der Waals surface area contributed by atoms with Crippen LogP contribution in [0.3, 0.4) is 0 Å². The number of hydrogen-bond donors (Lipinski definition) is 2. The van der Waals surface area contributed by atoms with Crippen LogP contribution in [0.5, 0.6) is 5.75 Å². The maximum atomic E-state index is 12.4. The quantitative estimate of drug-likeness (QED) is 0.498. The van der Waals surface area contributed by atoms with Crippen LogP contribution in [0.2, 0.25) is 10.3 Å². The minimum Gasteiger partial charge on any atom is -0.467 e. The summed E-state index contributed by atoms with van der Waals surface area (Å²) in [4.78, 5) is 31.2. The molecule has 0 fully saturated rings. The number of aromatic nitrogens is 3. The highest BCUT2D eigenvalue weighted by Gasteiger charge is 2.10. The van der Waals surface area contributed by atoms with Crippen LogP contribution in [0, 0.1) is 0 Å². The second-order valence-electron chi connectivity index (χ2n) is 5.63. The first-order valence-corrected chi connectivity index (χ1v) is 8.57. The number of anilines is 2. The van der Waals surface area contributed by atoms with Gasteiger partial charge < -0.3 is 19.9 Å². The van der Waals surface area contributed by atoms with Crippen molar-refractivity contribution < 1.29 is 9.53 Å². The van der Waals surface area contributed by atoms with Crippen LogP contribution in [0.25, 0.3) is 10.9 Å². The van der Waals surface area contributed by atoms with Crippen LogP contribution in [-0.4, -0.2) is 27.2 Å². The van der Waals surface area contributed by atoms with Gasteiger partial charge in [-0.3, -0.25) is 9.59 Å². The van der Waals surface area contributed by atoms with E-state index in [-0.39, 0.29) is 29.2 Å². The molecule has 1 amide bonds. The molecule has 3 aromatic rings. The van der Waals surface area contributed by atoms with Crippen LogP contribution in [0.4, 0.5) is 11.5 Å². The van der Waals surface area contributed by atoms with Crippen molar-refractivity contribution in [3.05, 3.63) is 51.1 Å². The average molecular weight is 408 g/mol. The maximum absolute atomic E-state index is 12.4. The fourth-order valence-electron chi connectivity index (χ4n) is 2.42. The Hall–Kier alpha value is -2.84. The Morgan fingerprint density at radius 2 is 2.07 bits per heavy atom. The Bertz CT molecular complexity index is 1080. The van der Waals surface area contributed by atoms with E-state index >= 15 is 0 Å². The molecule has 140 valence electrons. The lowest BCUT2D eigenvalue weighted by atomic mass is 10.2. The lowest BCUT2D eigenvalue weighted by Crippen LogP contribution is -2.28. The first-order chi connectivity index (χ1) is 12.8. The van der Waals surface area contributed by atoms with Gasteiger partial charge in [-0.1, -0.05) is 11.6 Å². The van der Waals surface area contributed by atoms with Crippen molar-refractivity contribution in [1.82, 2.24) is 19.9 Å². The zero-order chi connectivity index (χ0) is 19.6. The van der Waals surface area contributed by atoms with E-state index in [0.717, 1.165) is 5.39 Å². The number of hydrogen-bond acceptors (Lipinski definition) is 6. The number of carbonyl (C=O) groups is 1. The summed E-state index contributed by atoms with van der Waals surface area (Å²) >= 11 is 11.9. The van der Waals surface area contributed by atoms with Crippen LogP contribution in [-0.2, 0) is 11.8 Å². The van der Waals surface area contributed by atoms with E-state index in [1.54, 1.807) is 25.2 Å². The zero-order valence-corrected chi connectivity index (χ0v) is 15.9. The molecule has 10 heteroatoms. The van der Waals surface area contributed by atoms with Crippen molar-refractivity contribution in [3.8, 4) is 5.75 Å². The van der Waals surface area contributed by atoms with Gasteiger partial charge in [0.25, 0.3) is 5.56 Å². The van der Waals surface area contributed by atoms with Crippen molar-refractivity contribution in [2.75, 3.05) is 12.0 Å². The summed E-state index contributed by atoms with van der Waals surface area (Å²) in [7, 11) is 1.64. The lowest BCUT2D eigenvalue weighted by Gasteiger charge is -2.12. The average Bonchev–Trinajstić information content (AvgIpc) is 2.62. The van der Waals surface area contributed by atoms with Gasteiger partial charge in [-0.15, -0.1) is 0 Å². The number of fused-ring (bicyclic) bond motifs is 1. The summed E-state index contributed by atoms with van der Waals surface area (Å²) in [6.45, 7) is 1.27. The molecule has 0 saturated carbocycles. The number of benzene rings is 1. The number of ether oxygens (including phenoxy) is 1. The molecule has 0 unspecified atom stereocenters. The normalized spacial score (nSPS) is 10.7. The molecule has 8 nitrogen and oxygen atoms in total. The number of halogens is 2. The Labute approximate surface area is 164 Å². The number of pyridine rings is 1. The molecule has 0 atom stereocenters. The topological polar surface area (TPSA) is 98.1 Å². The van der Waals surface area contributed by atoms with Gasteiger partial charge in [-0.05, 0) is 35.9 Å². The predicted molar refractivity (Wildman–Crippen MR) is 104 cm³/mol. The Morgan fingerprint density at radius 1 is 1.30 bits per heavy atom. The van der Waals surface area contributed by atoms with Gasteiger partial charge in [0.15, 0.2) is 18.3 Å². The van der Waals surface area contributed by atoms with Crippen molar-refractivity contribution in [3.63, 3.8) is 0 Å². The molecular weight excluding hydrogens is 393 g/mol. The Balaban J connectivity index is 1.95. The van der Waals surface area contributed by atoms with Gasteiger partial charge >= 0.3 is 0 Å². The van der Waals surface area contributed by atoms with Crippen LogP contribution >= 0.6 is 23.2 Å². The lowest BCUT2D eigenvalue weighted by molar-refractivity contribution is -0.119. The van der Waals surface area contributed by atoms with Crippen LogP contribution in [0.1, 0.15) is 6.92 Å². The molecule has 0 saturated heterocycles. The maximum Gasteiger partial charge on any atom is 0.293 e. The molecule has 0 radical (unpaired) electrons. The molecule has 0 aliphatic heterocycles. The SMILES string of the molecule is CC(=O)NCOc1cc2cc(Nc3nc(Cl)ncc3Cl)ccc2n(C)c1=O. The van der Waals surface area contributed by atoms with Gasteiger partial charge in [-0.25, -0.2) is 4.98 Å². The Morgan fingerprint density at radius 3 is 2.81 bits per heavy atom. The van der Waals surface area contributed by atoms with Gasteiger partial charge in [0, 0.05) is 25.0 Å². The van der Waals surface area contributed by atoms with E-state index in [2.05, 4.69) is 20.6 Å². The zero-order valence-electron chi connectivity index (χ0n) is 14.4. The van der Waals surface area contributed by atoms with E-state index in [4.69, 9.17) is 27.9 Å². The number of carbonyl (C=O) groups excluding carboxylic acids is 1. The van der Waals surface area contributed by atoms with E-state index in [1.165, 1.54) is 17.7 Å². The van der Waals surface area contributed by atoms with E-state index in [1.807, 2.05) is 6.07 Å². The van der Waals surface area contributed by atoms with Gasteiger partial charge in [-0.2, -0.15) is 4.98 Å². The fourth-order valence-corrected chi connectivity index (χ4v) is 2.69. The molecule has 2 aromatic heterocycles. The first-order valence-electron chi connectivity index (χ1n) is 7.81. The summed E-state index contributed by atoms with van der Waals surface area (Å²) in [5, 5.41) is 6.68. The number of nitrogens with zero attached hydrogens (tertiary/aromatic N) is 3. The van der Waals surface area contributed by atoms with Crippen LogP contribution < -0.4 is 20.9 Å². The van der Waals surface area contributed by atoms with Crippen molar-refractivity contribution in [1.29, 1.82) is 0 Å². The minimum absolute atomic E-state index is 0.0683. The third-order valence-electron chi connectivity index (χ3n) is 3.72. The van der Waals surface area contributed by atoms with Crippen LogP contribution in [0.15, 0.2) is 35.3 Å². The molecule has 0 bridgehead atoms. The van der Waals surface area contributed by atoms with Gasteiger partial charge in [0.05, 0.1) is 11.7 Å². The second kappa shape index (κ2) is 7.81. The molecular formula is C17H15Cl2N5O3. The number of rotatable bonds is 5. The van der Waals surface area contributed by atoms with Crippen molar-refractivity contribution >= 4 is 51.5 Å².